The molecule has 2 unspecified atom stereocenters. The standard InChI is InChI=1S/C21H29N3O/c1-3-19-14-20(15-22-19)24-9-4-8-23(10-11-24)16(2)18-6-5-17-7-12-25-21(17)13-18/h5-6,13-16,19H,3-4,7-12H2,1-2H3. The third kappa shape index (κ3) is 3.45. The Morgan fingerprint density at radius 1 is 1.24 bits per heavy atom. The maximum Gasteiger partial charge on any atom is 0.122 e. The third-order valence-electron chi connectivity index (χ3n) is 5.83. The summed E-state index contributed by atoms with van der Waals surface area (Å²) in [5.41, 5.74) is 4.06. The number of aliphatic imine (C=N–C) groups is 1. The summed E-state index contributed by atoms with van der Waals surface area (Å²) in [7, 11) is 0. The van der Waals surface area contributed by atoms with Gasteiger partial charge in [0.15, 0.2) is 0 Å². The van der Waals surface area contributed by atoms with E-state index >= 15 is 0 Å². The van der Waals surface area contributed by atoms with Gasteiger partial charge in [0.05, 0.1) is 18.3 Å². The van der Waals surface area contributed by atoms with Crippen molar-refractivity contribution >= 4 is 6.21 Å². The topological polar surface area (TPSA) is 28.1 Å². The molecule has 3 aliphatic heterocycles. The molecule has 0 N–H and O–H groups in total. The van der Waals surface area contributed by atoms with Crippen molar-refractivity contribution < 1.29 is 4.74 Å². The highest BCUT2D eigenvalue weighted by Crippen LogP contribution is 2.31. The van der Waals surface area contributed by atoms with Crippen LogP contribution in [0, 0.1) is 0 Å². The Hall–Kier alpha value is -1.81. The molecule has 4 heteroatoms. The molecule has 134 valence electrons. The summed E-state index contributed by atoms with van der Waals surface area (Å²) in [5.74, 6) is 1.10. The van der Waals surface area contributed by atoms with Crippen molar-refractivity contribution in [2.75, 3.05) is 32.8 Å². The number of nitrogens with zero attached hydrogens (tertiary/aromatic N) is 3. The normalized spacial score (nSPS) is 24.6. The van der Waals surface area contributed by atoms with Crippen molar-refractivity contribution in [2.24, 2.45) is 4.99 Å². The van der Waals surface area contributed by atoms with Crippen molar-refractivity contribution in [1.29, 1.82) is 0 Å². The first-order valence-electron chi connectivity index (χ1n) is 9.74. The van der Waals surface area contributed by atoms with Crippen LogP contribution in [0.1, 0.15) is 43.9 Å². The van der Waals surface area contributed by atoms with Gasteiger partial charge in [-0.15, -0.1) is 0 Å². The van der Waals surface area contributed by atoms with E-state index in [2.05, 4.69) is 59.1 Å². The van der Waals surface area contributed by atoms with E-state index < -0.39 is 0 Å². The van der Waals surface area contributed by atoms with Crippen LogP contribution >= 0.6 is 0 Å². The van der Waals surface area contributed by atoms with Crippen molar-refractivity contribution in [1.82, 2.24) is 9.80 Å². The van der Waals surface area contributed by atoms with E-state index in [9.17, 15) is 0 Å². The average molecular weight is 339 g/mol. The molecule has 0 aliphatic carbocycles. The maximum absolute atomic E-state index is 5.76. The predicted octanol–water partition coefficient (Wildman–Crippen LogP) is 3.44. The van der Waals surface area contributed by atoms with E-state index in [0.717, 1.165) is 51.4 Å². The fourth-order valence-electron chi connectivity index (χ4n) is 4.10. The molecule has 0 spiro atoms. The van der Waals surface area contributed by atoms with Gasteiger partial charge in [-0.3, -0.25) is 9.89 Å². The number of allylic oxidation sites excluding steroid dienone is 1. The number of ether oxygens (including phenoxy) is 1. The highest BCUT2D eigenvalue weighted by molar-refractivity contribution is 5.80. The number of benzene rings is 1. The lowest BCUT2D eigenvalue weighted by atomic mass is 10.0. The molecule has 25 heavy (non-hydrogen) atoms. The molecular weight excluding hydrogens is 310 g/mol. The summed E-state index contributed by atoms with van der Waals surface area (Å²) in [5, 5.41) is 0. The summed E-state index contributed by atoms with van der Waals surface area (Å²) < 4.78 is 5.76. The van der Waals surface area contributed by atoms with Crippen molar-refractivity contribution in [3.05, 3.63) is 41.1 Å². The molecule has 1 fully saturated rings. The van der Waals surface area contributed by atoms with Gasteiger partial charge in [-0.05, 0) is 43.0 Å². The highest BCUT2D eigenvalue weighted by Gasteiger charge is 2.23. The van der Waals surface area contributed by atoms with Gasteiger partial charge in [-0.2, -0.15) is 0 Å². The summed E-state index contributed by atoms with van der Waals surface area (Å²) >= 11 is 0. The van der Waals surface area contributed by atoms with Crippen LogP contribution in [-0.4, -0.2) is 54.8 Å². The monoisotopic (exact) mass is 339 g/mol. The predicted molar refractivity (Wildman–Crippen MR) is 102 cm³/mol. The molecule has 3 heterocycles. The fourth-order valence-corrected chi connectivity index (χ4v) is 4.10. The molecule has 4 rings (SSSR count). The van der Waals surface area contributed by atoms with Gasteiger partial charge in [-0.25, -0.2) is 0 Å². The van der Waals surface area contributed by atoms with E-state index in [1.165, 1.54) is 23.2 Å². The molecular formula is C21H29N3O. The van der Waals surface area contributed by atoms with Gasteiger partial charge >= 0.3 is 0 Å². The van der Waals surface area contributed by atoms with Gasteiger partial charge in [-0.1, -0.05) is 19.1 Å². The van der Waals surface area contributed by atoms with Gasteiger partial charge in [0.2, 0.25) is 0 Å². The molecule has 4 nitrogen and oxygen atoms in total. The number of rotatable bonds is 4. The first-order chi connectivity index (χ1) is 12.2. The van der Waals surface area contributed by atoms with Gasteiger partial charge in [0, 0.05) is 44.9 Å². The first kappa shape index (κ1) is 16.6. The quantitative estimate of drug-likeness (QED) is 0.841. The molecule has 1 saturated heterocycles. The Balaban J connectivity index is 1.41. The van der Waals surface area contributed by atoms with E-state index in [1.54, 1.807) is 0 Å². The summed E-state index contributed by atoms with van der Waals surface area (Å²) in [6, 6.07) is 7.62. The molecule has 1 aromatic carbocycles. The lowest BCUT2D eigenvalue weighted by Gasteiger charge is -2.28. The SMILES string of the molecule is CCC1C=C(N2CCCN(C(C)c3ccc4c(c3)OCC4)CC2)C=N1. The third-order valence-corrected chi connectivity index (χ3v) is 5.83. The second-order valence-electron chi connectivity index (χ2n) is 7.36. The fraction of sp³-hybridized carbons (Fsp3) is 0.571. The Kier molecular flexibility index (Phi) is 4.80. The Morgan fingerprint density at radius 3 is 3.00 bits per heavy atom. The minimum atomic E-state index is 0.389. The van der Waals surface area contributed by atoms with Crippen LogP contribution in [0.4, 0.5) is 0 Å². The Bertz CT molecular complexity index is 682. The minimum Gasteiger partial charge on any atom is -0.493 e. The smallest absolute Gasteiger partial charge is 0.122 e. The van der Waals surface area contributed by atoms with Gasteiger partial charge in [0.1, 0.15) is 5.75 Å². The van der Waals surface area contributed by atoms with E-state index in [-0.39, 0.29) is 0 Å². The van der Waals surface area contributed by atoms with Crippen LogP contribution < -0.4 is 4.74 Å². The lowest BCUT2D eigenvalue weighted by molar-refractivity contribution is 0.218. The molecule has 0 radical (unpaired) electrons. The Morgan fingerprint density at radius 2 is 2.16 bits per heavy atom. The Labute approximate surface area is 151 Å². The van der Waals surface area contributed by atoms with E-state index in [0.29, 0.717) is 12.1 Å². The van der Waals surface area contributed by atoms with Crippen molar-refractivity contribution in [3.8, 4) is 5.75 Å². The zero-order chi connectivity index (χ0) is 17.2. The van der Waals surface area contributed by atoms with E-state index in [4.69, 9.17) is 4.74 Å². The molecule has 1 aromatic rings. The molecule has 0 saturated carbocycles. The zero-order valence-electron chi connectivity index (χ0n) is 15.4. The lowest BCUT2D eigenvalue weighted by Crippen LogP contribution is -2.32. The number of fused-ring (bicyclic) bond motifs is 1. The van der Waals surface area contributed by atoms with Crippen molar-refractivity contribution in [2.45, 2.75) is 45.2 Å². The molecule has 0 amide bonds. The van der Waals surface area contributed by atoms with Crippen LogP contribution in [0.3, 0.4) is 0 Å². The van der Waals surface area contributed by atoms with Crippen LogP contribution in [0.5, 0.6) is 5.75 Å². The van der Waals surface area contributed by atoms with Crippen LogP contribution in [-0.2, 0) is 6.42 Å². The van der Waals surface area contributed by atoms with Crippen LogP contribution in [0.25, 0.3) is 0 Å². The first-order valence-corrected chi connectivity index (χ1v) is 9.74. The maximum atomic E-state index is 5.76. The second-order valence-corrected chi connectivity index (χ2v) is 7.36. The summed E-state index contributed by atoms with van der Waals surface area (Å²) in [6.07, 6.45) is 7.76. The summed E-state index contributed by atoms with van der Waals surface area (Å²) in [4.78, 5) is 9.71. The second kappa shape index (κ2) is 7.20. The largest absolute Gasteiger partial charge is 0.493 e. The number of hydrogen-bond acceptors (Lipinski definition) is 4. The van der Waals surface area contributed by atoms with Gasteiger partial charge in [0.25, 0.3) is 0 Å². The van der Waals surface area contributed by atoms with Gasteiger partial charge < -0.3 is 9.64 Å². The van der Waals surface area contributed by atoms with Crippen molar-refractivity contribution in [3.63, 3.8) is 0 Å². The molecule has 3 aliphatic rings. The molecule has 0 bridgehead atoms. The van der Waals surface area contributed by atoms with Crippen LogP contribution in [0.2, 0.25) is 0 Å². The highest BCUT2D eigenvalue weighted by atomic mass is 16.5. The average Bonchev–Trinajstić information content (AvgIpc) is 3.24. The molecule has 2 atom stereocenters. The zero-order valence-corrected chi connectivity index (χ0v) is 15.4. The molecule has 0 aromatic heterocycles. The van der Waals surface area contributed by atoms with Crippen LogP contribution in [0.15, 0.2) is 35.0 Å². The van der Waals surface area contributed by atoms with E-state index in [1.807, 2.05) is 0 Å². The summed E-state index contributed by atoms with van der Waals surface area (Å²) in [6.45, 7) is 9.83. The minimum absolute atomic E-state index is 0.389. The number of hydrogen-bond donors (Lipinski definition) is 0.